The van der Waals surface area contributed by atoms with Crippen molar-refractivity contribution in [3.05, 3.63) is 52.6 Å². The Bertz CT molecular complexity index is 600. The maximum atomic E-state index is 5.80. The monoisotopic (exact) mass is 309 g/mol. The molecular formula is C14H13Cl2N3O. The van der Waals surface area contributed by atoms with Gasteiger partial charge in [0.15, 0.2) is 0 Å². The van der Waals surface area contributed by atoms with Crippen LogP contribution in [0.1, 0.15) is 6.92 Å². The van der Waals surface area contributed by atoms with Crippen molar-refractivity contribution in [2.24, 2.45) is 5.10 Å². The summed E-state index contributed by atoms with van der Waals surface area (Å²) < 4.78 is 5.56. The van der Waals surface area contributed by atoms with Crippen molar-refractivity contribution in [3.8, 4) is 5.75 Å². The van der Waals surface area contributed by atoms with Crippen molar-refractivity contribution in [1.82, 2.24) is 4.98 Å². The Morgan fingerprint density at radius 3 is 2.65 bits per heavy atom. The lowest BCUT2D eigenvalue weighted by Gasteiger charge is -2.06. The van der Waals surface area contributed by atoms with Crippen molar-refractivity contribution in [2.45, 2.75) is 6.92 Å². The Morgan fingerprint density at radius 2 is 1.95 bits per heavy atom. The molecule has 0 aliphatic rings. The lowest BCUT2D eigenvalue weighted by Crippen LogP contribution is -2.09. The van der Waals surface area contributed by atoms with Crippen LogP contribution in [0.4, 0.5) is 5.82 Å². The molecule has 1 aromatic carbocycles. The zero-order chi connectivity index (χ0) is 14.4. The third-order valence-electron chi connectivity index (χ3n) is 2.34. The smallest absolute Gasteiger partial charge is 0.147 e. The molecule has 0 saturated carbocycles. The molecule has 0 unspecified atom stereocenters. The molecule has 0 bridgehead atoms. The van der Waals surface area contributed by atoms with Gasteiger partial charge >= 0.3 is 0 Å². The van der Waals surface area contributed by atoms with Crippen LogP contribution in [0.2, 0.25) is 10.2 Å². The minimum atomic E-state index is 0.370. The number of nitrogens with one attached hydrogen (secondary N) is 1. The van der Waals surface area contributed by atoms with Crippen molar-refractivity contribution in [1.29, 1.82) is 0 Å². The maximum Gasteiger partial charge on any atom is 0.147 e. The molecule has 4 nitrogen and oxygen atoms in total. The van der Waals surface area contributed by atoms with E-state index in [1.807, 2.05) is 19.1 Å². The first kappa shape index (κ1) is 14.6. The van der Waals surface area contributed by atoms with Crippen LogP contribution in [-0.2, 0) is 0 Å². The van der Waals surface area contributed by atoms with Crippen LogP contribution < -0.4 is 10.2 Å². The largest absolute Gasteiger partial charge is 0.488 e. The number of hydrazone groups is 1. The van der Waals surface area contributed by atoms with E-state index in [0.29, 0.717) is 22.6 Å². The number of benzene rings is 1. The zero-order valence-corrected chi connectivity index (χ0v) is 12.3. The van der Waals surface area contributed by atoms with E-state index in [1.165, 1.54) is 0 Å². The number of halogens is 2. The summed E-state index contributed by atoms with van der Waals surface area (Å²) in [5.74, 6) is 1.33. The van der Waals surface area contributed by atoms with E-state index >= 15 is 0 Å². The van der Waals surface area contributed by atoms with Crippen LogP contribution >= 0.6 is 23.2 Å². The normalized spacial score (nSPS) is 11.2. The minimum absolute atomic E-state index is 0.370. The van der Waals surface area contributed by atoms with Gasteiger partial charge in [0, 0.05) is 5.02 Å². The average Bonchev–Trinajstić information content (AvgIpc) is 2.45. The topological polar surface area (TPSA) is 46.5 Å². The number of rotatable bonds is 5. The van der Waals surface area contributed by atoms with Crippen molar-refractivity contribution < 1.29 is 4.74 Å². The van der Waals surface area contributed by atoms with Crippen molar-refractivity contribution >= 4 is 34.7 Å². The molecule has 104 valence electrons. The number of hydrogen-bond acceptors (Lipinski definition) is 4. The van der Waals surface area contributed by atoms with Crippen LogP contribution in [0.15, 0.2) is 47.6 Å². The molecule has 0 saturated heterocycles. The number of aromatic nitrogens is 1. The van der Waals surface area contributed by atoms with Gasteiger partial charge in [-0.05, 0) is 43.3 Å². The number of nitrogens with zero attached hydrogens (tertiary/aromatic N) is 2. The number of ether oxygens (including phenoxy) is 1. The first-order chi connectivity index (χ1) is 9.63. The molecular weight excluding hydrogens is 297 g/mol. The summed E-state index contributed by atoms with van der Waals surface area (Å²) in [6.07, 6.45) is 0. The molecule has 2 aromatic rings. The summed E-state index contributed by atoms with van der Waals surface area (Å²) in [4.78, 5) is 4.06. The van der Waals surface area contributed by atoms with Crippen LogP contribution in [0, 0.1) is 0 Å². The summed E-state index contributed by atoms with van der Waals surface area (Å²) in [5, 5.41) is 5.26. The first-order valence-electron chi connectivity index (χ1n) is 5.93. The number of anilines is 1. The van der Waals surface area contributed by atoms with Crippen LogP contribution in [-0.4, -0.2) is 17.3 Å². The highest BCUT2D eigenvalue weighted by Gasteiger charge is 1.97. The van der Waals surface area contributed by atoms with Gasteiger partial charge in [0.05, 0.1) is 5.71 Å². The highest BCUT2D eigenvalue weighted by molar-refractivity contribution is 6.30. The Balaban J connectivity index is 1.86. The lowest BCUT2D eigenvalue weighted by molar-refractivity contribution is 0.376. The fraction of sp³-hybridized carbons (Fsp3) is 0.143. The summed E-state index contributed by atoms with van der Waals surface area (Å²) in [6.45, 7) is 2.22. The van der Waals surface area contributed by atoms with E-state index in [2.05, 4.69) is 15.5 Å². The summed E-state index contributed by atoms with van der Waals surface area (Å²) in [5.41, 5.74) is 3.60. The van der Waals surface area contributed by atoms with Gasteiger partial charge in [0.2, 0.25) is 0 Å². The number of pyridine rings is 1. The third-order valence-corrected chi connectivity index (χ3v) is 2.80. The van der Waals surface area contributed by atoms with Crippen molar-refractivity contribution in [3.63, 3.8) is 0 Å². The van der Waals surface area contributed by atoms with Gasteiger partial charge in [-0.25, -0.2) is 4.98 Å². The maximum absolute atomic E-state index is 5.80. The quantitative estimate of drug-likeness (QED) is 0.510. The second-order valence-corrected chi connectivity index (χ2v) is 4.87. The van der Waals surface area contributed by atoms with Gasteiger partial charge in [0.1, 0.15) is 23.3 Å². The Morgan fingerprint density at radius 1 is 1.20 bits per heavy atom. The minimum Gasteiger partial charge on any atom is -0.488 e. The fourth-order valence-corrected chi connectivity index (χ4v) is 1.66. The van der Waals surface area contributed by atoms with Gasteiger partial charge < -0.3 is 4.74 Å². The molecule has 2 rings (SSSR count). The highest BCUT2D eigenvalue weighted by Crippen LogP contribution is 2.15. The van der Waals surface area contributed by atoms with Gasteiger partial charge in [-0.1, -0.05) is 29.3 Å². The Labute approximate surface area is 127 Å². The van der Waals surface area contributed by atoms with Gasteiger partial charge in [-0.2, -0.15) is 5.10 Å². The van der Waals surface area contributed by atoms with E-state index in [9.17, 15) is 0 Å². The van der Waals surface area contributed by atoms with E-state index in [1.54, 1.807) is 30.3 Å². The second-order valence-electron chi connectivity index (χ2n) is 4.05. The average molecular weight is 310 g/mol. The van der Waals surface area contributed by atoms with Crippen LogP contribution in [0.3, 0.4) is 0 Å². The molecule has 1 heterocycles. The Kier molecular flexibility index (Phi) is 5.21. The third kappa shape index (κ3) is 4.72. The van der Waals surface area contributed by atoms with E-state index in [0.717, 1.165) is 11.5 Å². The zero-order valence-electron chi connectivity index (χ0n) is 10.8. The first-order valence-corrected chi connectivity index (χ1v) is 6.69. The van der Waals surface area contributed by atoms with E-state index < -0.39 is 0 Å². The SMILES string of the molecule is C/C(COc1ccc(Cl)cc1)=N\Nc1cccc(Cl)n1. The summed E-state index contributed by atoms with van der Waals surface area (Å²) >= 11 is 11.6. The molecule has 0 fully saturated rings. The van der Waals surface area contributed by atoms with Gasteiger partial charge in [0.25, 0.3) is 0 Å². The fourth-order valence-electron chi connectivity index (χ4n) is 1.37. The molecule has 0 radical (unpaired) electrons. The number of hydrogen-bond donors (Lipinski definition) is 1. The molecule has 0 atom stereocenters. The molecule has 1 aromatic heterocycles. The highest BCUT2D eigenvalue weighted by atomic mass is 35.5. The summed E-state index contributed by atoms with van der Waals surface area (Å²) in [7, 11) is 0. The molecule has 1 N–H and O–H groups in total. The molecule has 0 amide bonds. The van der Waals surface area contributed by atoms with Crippen LogP contribution in [0.5, 0.6) is 5.75 Å². The van der Waals surface area contributed by atoms with Crippen molar-refractivity contribution in [2.75, 3.05) is 12.0 Å². The predicted octanol–water partition coefficient (Wildman–Crippen LogP) is 4.26. The van der Waals surface area contributed by atoms with E-state index in [-0.39, 0.29) is 0 Å². The molecule has 20 heavy (non-hydrogen) atoms. The molecule has 0 aliphatic heterocycles. The second kappa shape index (κ2) is 7.12. The molecule has 0 aliphatic carbocycles. The van der Waals surface area contributed by atoms with E-state index in [4.69, 9.17) is 27.9 Å². The van der Waals surface area contributed by atoms with Crippen LogP contribution in [0.25, 0.3) is 0 Å². The summed E-state index contributed by atoms with van der Waals surface area (Å²) in [6, 6.07) is 12.4. The molecule has 6 heteroatoms. The molecule has 0 spiro atoms. The predicted molar refractivity (Wildman–Crippen MR) is 82.9 cm³/mol. The van der Waals surface area contributed by atoms with Gasteiger partial charge in [-0.15, -0.1) is 0 Å². The lowest BCUT2D eigenvalue weighted by atomic mass is 10.3. The standard InChI is InChI=1S/C14H13Cl2N3O/c1-10(9-20-12-7-5-11(15)6-8-12)18-19-14-4-2-3-13(16)17-14/h2-8H,9H2,1H3,(H,17,19)/b18-10+. The Hall–Kier alpha value is -1.78. The van der Waals surface area contributed by atoms with Gasteiger partial charge in [-0.3, -0.25) is 5.43 Å².